The number of thiazole rings is 1. The van der Waals surface area contributed by atoms with Crippen molar-refractivity contribution < 1.29 is 4.74 Å². The highest BCUT2D eigenvalue weighted by Crippen LogP contribution is 2.31. The Balaban J connectivity index is 2.08. The molecule has 78 valence electrons. The van der Waals surface area contributed by atoms with Gasteiger partial charge in [-0.3, -0.25) is 0 Å². The number of ether oxygens (including phenoxy) is 1. The highest BCUT2D eigenvalue weighted by molar-refractivity contribution is 7.09. The van der Waals surface area contributed by atoms with Crippen LogP contribution in [0.25, 0.3) is 0 Å². The quantitative estimate of drug-likeness (QED) is 0.834. The molecule has 1 fully saturated rings. The van der Waals surface area contributed by atoms with Gasteiger partial charge in [-0.2, -0.15) is 0 Å². The summed E-state index contributed by atoms with van der Waals surface area (Å²) in [7, 11) is 1.95. The molecule has 4 heteroatoms. The first-order valence-electron chi connectivity index (χ1n) is 5.05. The Bertz CT molecular complexity index is 294. The standard InChI is InChI=1S/C10H16N2OS/c1-7(11-2)8-6-14-10(12-8)9-4-3-5-13-9/h6-7,9,11H,3-5H2,1-2H3. The lowest BCUT2D eigenvalue weighted by Crippen LogP contribution is -2.12. The van der Waals surface area contributed by atoms with Crippen molar-refractivity contribution in [3.05, 3.63) is 16.1 Å². The molecule has 1 aliphatic heterocycles. The molecular weight excluding hydrogens is 196 g/mol. The lowest BCUT2D eigenvalue weighted by atomic mass is 10.2. The zero-order valence-electron chi connectivity index (χ0n) is 8.62. The molecule has 0 spiro atoms. The maximum Gasteiger partial charge on any atom is 0.122 e. The van der Waals surface area contributed by atoms with E-state index in [0.29, 0.717) is 6.04 Å². The van der Waals surface area contributed by atoms with E-state index in [1.807, 2.05) is 7.05 Å². The van der Waals surface area contributed by atoms with E-state index in [-0.39, 0.29) is 6.10 Å². The number of rotatable bonds is 3. The van der Waals surface area contributed by atoms with Gasteiger partial charge in [0.2, 0.25) is 0 Å². The molecule has 1 aromatic rings. The van der Waals surface area contributed by atoms with Crippen molar-refractivity contribution in [2.45, 2.75) is 31.9 Å². The van der Waals surface area contributed by atoms with Crippen LogP contribution in [0, 0.1) is 0 Å². The third-order valence-corrected chi connectivity index (χ3v) is 3.58. The van der Waals surface area contributed by atoms with E-state index in [0.717, 1.165) is 23.7 Å². The summed E-state index contributed by atoms with van der Waals surface area (Å²) in [6.45, 7) is 3.01. The summed E-state index contributed by atoms with van der Waals surface area (Å²) in [6.07, 6.45) is 2.56. The SMILES string of the molecule is CNC(C)c1csc(C2CCCO2)n1. The van der Waals surface area contributed by atoms with Gasteiger partial charge in [-0.05, 0) is 26.8 Å². The molecule has 14 heavy (non-hydrogen) atoms. The molecule has 2 rings (SSSR count). The van der Waals surface area contributed by atoms with Gasteiger partial charge < -0.3 is 10.1 Å². The second-order valence-corrected chi connectivity index (χ2v) is 4.51. The van der Waals surface area contributed by atoms with Gasteiger partial charge in [0.05, 0.1) is 5.69 Å². The second-order valence-electron chi connectivity index (χ2n) is 3.62. The van der Waals surface area contributed by atoms with Gasteiger partial charge in [-0.1, -0.05) is 0 Å². The third kappa shape index (κ3) is 1.97. The number of aromatic nitrogens is 1. The summed E-state index contributed by atoms with van der Waals surface area (Å²) in [5.74, 6) is 0. The summed E-state index contributed by atoms with van der Waals surface area (Å²) < 4.78 is 5.59. The average Bonchev–Trinajstić information content (AvgIpc) is 2.86. The summed E-state index contributed by atoms with van der Waals surface area (Å²) >= 11 is 1.71. The van der Waals surface area contributed by atoms with Crippen LogP contribution in [0.15, 0.2) is 5.38 Å². The fraction of sp³-hybridized carbons (Fsp3) is 0.700. The van der Waals surface area contributed by atoms with Gasteiger partial charge in [0.25, 0.3) is 0 Å². The lowest BCUT2D eigenvalue weighted by Gasteiger charge is -2.06. The molecule has 0 aromatic carbocycles. The van der Waals surface area contributed by atoms with E-state index in [2.05, 4.69) is 22.6 Å². The van der Waals surface area contributed by atoms with Crippen LogP contribution in [0.4, 0.5) is 0 Å². The first-order chi connectivity index (χ1) is 6.81. The smallest absolute Gasteiger partial charge is 0.122 e. The highest BCUT2D eigenvalue weighted by atomic mass is 32.1. The number of nitrogens with zero attached hydrogens (tertiary/aromatic N) is 1. The van der Waals surface area contributed by atoms with Gasteiger partial charge in [-0.25, -0.2) is 4.98 Å². The predicted molar refractivity (Wildman–Crippen MR) is 57.5 cm³/mol. The van der Waals surface area contributed by atoms with Gasteiger partial charge in [0.1, 0.15) is 11.1 Å². The van der Waals surface area contributed by atoms with Gasteiger partial charge in [0.15, 0.2) is 0 Å². The van der Waals surface area contributed by atoms with Crippen LogP contribution in [0.2, 0.25) is 0 Å². The van der Waals surface area contributed by atoms with Gasteiger partial charge >= 0.3 is 0 Å². The third-order valence-electron chi connectivity index (χ3n) is 2.62. The van der Waals surface area contributed by atoms with Crippen molar-refractivity contribution in [1.29, 1.82) is 0 Å². The van der Waals surface area contributed by atoms with E-state index >= 15 is 0 Å². The molecule has 1 N–H and O–H groups in total. The van der Waals surface area contributed by atoms with Gasteiger partial charge in [-0.15, -0.1) is 11.3 Å². The van der Waals surface area contributed by atoms with Crippen LogP contribution in [0.1, 0.15) is 42.6 Å². The summed E-state index contributed by atoms with van der Waals surface area (Å²) in [5.41, 5.74) is 1.13. The van der Waals surface area contributed by atoms with Crippen molar-refractivity contribution in [1.82, 2.24) is 10.3 Å². The van der Waals surface area contributed by atoms with Crippen LogP contribution in [0.5, 0.6) is 0 Å². The topological polar surface area (TPSA) is 34.1 Å². The lowest BCUT2D eigenvalue weighted by molar-refractivity contribution is 0.111. The van der Waals surface area contributed by atoms with Crippen molar-refractivity contribution >= 4 is 11.3 Å². The van der Waals surface area contributed by atoms with E-state index in [1.165, 1.54) is 6.42 Å². The Morgan fingerprint density at radius 1 is 1.71 bits per heavy atom. The van der Waals surface area contributed by atoms with E-state index in [1.54, 1.807) is 11.3 Å². The van der Waals surface area contributed by atoms with E-state index < -0.39 is 0 Å². The monoisotopic (exact) mass is 212 g/mol. The first-order valence-corrected chi connectivity index (χ1v) is 5.93. The molecule has 1 aromatic heterocycles. The molecule has 0 radical (unpaired) electrons. The number of hydrogen-bond acceptors (Lipinski definition) is 4. The van der Waals surface area contributed by atoms with Crippen molar-refractivity contribution in [2.24, 2.45) is 0 Å². The normalized spacial score (nSPS) is 24.0. The molecule has 0 bridgehead atoms. The molecule has 3 nitrogen and oxygen atoms in total. The van der Waals surface area contributed by atoms with Gasteiger partial charge in [0, 0.05) is 18.0 Å². The summed E-state index contributed by atoms with van der Waals surface area (Å²) in [6, 6.07) is 0.335. The Hall–Kier alpha value is -0.450. The maximum absolute atomic E-state index is 5.59. The van der Waals surface area contributed by atoms with Crippen LogP contribution < -0.4 is 5.32 Å². The second kappa shape index (κ2) is 4.38. The minimum atomic E-state index is 0.262. The molecule has 0 saturated carbocycles. The van der Waals surface area contributed by atoms with E-state index in [4.69, 9.17) is 4.74 Å². The summed E-state index contributed by atoms with van der Waals surface area (Å²) in [4.78, 5) is 4.59. The first kappa shape index (κ1) is 10.1. The van der Waals surface area contributed by atoms with Crippen LogP contribution in [-0.2, 0) is 4.74 Å². The molecule has 2 atom stereocenters. The van der Waals surface area contributed by atoms with E-state index in [9.17, 15) is 0 Å². The molecule has 0 aliphatic carbocycles. The van der Waals surface area contributed by atoms with Crippen molar-refractivity contribution in [2.75, 3.05) is 13.7 Å². The number of nitrogens with one attached hydrogen (secondary N) is 1. The fourth-order valence-corrected chi connectivity index (χ4v) is 2.56. The number of hydrogen-bond donors (Lipinski definition) is 1. The molecule has 2 unspecified atom stereocenters. The Morgan fingerprint density at radius 3 is 3.21 bits per heavy atom. The summed E-state index contributed by atoms with van der Waals surface area (Å²) in [5, 5.41) is 6.45. The maximum atomic E-state index is 5.59. The van der Waals surface area contributed by atoms with Crippen molar-refractivity contribution in [3.8, 4) is 0 Å². The predicted octanol–water partition coefficient (Wildman–Crippen LogP) is 2.28. The average molecular weight is 212 g/mol. The van der Waals surface area contributed by atoms with Crippen molar-refractivity contribution in [3.63, 3.8) is 0 Å². The minimum absolute atomic E-state index is 0.262. The Labute approximate surface area is 88.5 Å². The minimum Gasteiger partial charge on any atom is -0.371 e. The Morgan fingerprint density at radius 2 is 2.57 bits per heavy atom. The van der Waals surface area contributed by atoms with Crippen LogP contribution in [-0.4, -0.2) is 18.6 Å². The zero-order chi connectivity index (χ0) is 9.97. The van der Waals surface area contributed by atoms with Crippen LogP contribution in [0.3, 0.4) is 0 Å². The molecule has 1 aliphatic rings. The fourth-order valence-electron chi connectivity index (χ4n) is 1.57. The zero-order valence-corrected chi connectivity index (χ0v) is 9.43. The molecule has 0 amide bonds. The molecule has 2 heterocycles. The Kier molecular flexibility index (Phi) is 3.15. The molecular formula is C10H16N2OS. The van der Waals surface area contributed by atoms with Crippen LogP contribution >= 0.6 is 11.3 Å². The molecule has 1 saturated heterocycles. The largest absolute Gasteiger partial charge is 0.371 e. The highest BCUT2D eigenvalue weighted by Gasteiger charge is 2.21.